The van der Waals surface area contributed by atoms with Crippen molar-refractivity contribution in [2.45, 2.75) is 25.3 Å². The summed E-state index contributed by atoms with van der Waals surface area (Å²) < 4.78 is 0. The van der Waals surface area contributed by atoms with Crippen LogP contribution in [0.1, 0.15) is 30.9 Å². The molecule has 1 aliphatic heterocycles. The lowest BCUT2D eigenvalue weighted by atomic mass is 10.1. The van der Waals surface area contributed by atoms with Crippen LogP contribution in [-0.4, -0.2) is 30.6 Å². The molecule has 0 aromatic heterocycles. The van der Waals surface area contributed by atoms with Crippen molar-refractivity contribution in [2.24, 2.45) is 5.73 Å². The molecule has 0 aliphatic carbocycles. The molecule has 0 radical (unpaired) electrons. The van der Waals surface area contributed by atoms with Gasteiger partial charge in [-0.1, -0.05) is 30.3 Å². The molecule has 98 valence electrons. The number of likely N-dealkylation sites (tertiary alicyclic amines) is 1. The van der Waals surface area contributed by atoms with E-state index in [4.69, 9.17) is 5.73 Å². The van der Waals surface area contributed by atoms with Crippen molar-refractivity contribution in [2.75, 3.05) is 19.6 Å². The monoisotopic (exact) mass is 247 g/mol. The van der Waals surface area contributed by atoms with Gasteiger partial charge in [0.05, 0.1) is 0 Å². The van der Waals surface area contributed by atoms with Gasteiger partial charge in [-0.05, 0) is 24.8 Å². The molecule has 3 N–H and O–H groups in total. The first-order chi connectivity index (χ1) is 8.77. The number of piperidine rings is 1. The fourth-order valence-electron chi connectivity index (χ4n) is 2.22. The largest absolute Gasteiger partial charge is 0.336 e. The first-order valence-electron chi connectivity index (χ1n) is 6.60. The van der Waals surface area contributed by atoms with Crippen LogP contribution < -0.4 is 11.1 Å². The summed E-state index contributed by atoms with van der Waals surface area (Å²) in [6.45, 7) is 2.22. The van der Waals surface area contributed by atoms with E-state index in [0.29, 0.717) is 6.54 Å². The number of benzene rings is 1. The molecule has 1 atom stereocenters. The number of nitrogens with zero attached hydrogens (tertiary/aromatic N) is 1. The van der Waals surface area contributed by atoms with Gasteiger partial charge in [-0.25, -0.2) is 4.79 Å². The van der Waals surface area contributed by atoms with Crippen molar-refractivity contribution in [1.29, 1.82) is 0 Å². The van der Waals surface area contributed by atoms with E-state index in [-0.39, 0.29) is 12.1 Å². The highest BCUT2D eigenvalue weighted by molar-refractivity contribution is 5.74. The summed E-state index contributed by atoms with van der Waals surface area (Å²) in [6.07, 6.45) is 3.45. The minimum Gasteiger partial charge on any atom is -0.336 e. The van der Waals surface area contributed by atoms with Crippen LogP contribution in [0.5, 0.6) is 0 Å². The summed E-state index contributed by atoms with van der Waals surface area (Å²) in [5.74, 6) is 0. The number of carbonyl (C=O) groups excluding carboxylic acids is 1. The van der Waals surface area contributed by atoms with Crippen molar-refractivity contribution in [3.8, 4) is 0 Å². The van der Waals surface area contributed by atoms with Gasteiger partial charge in [0.2, 0.25) is 0 Å². The topological polar surface area (TPSA) is 58.4 Å². The highest BCUT2D eigenvalue weighted by atomic mass is 16.2. The van der Waals surface area contributed by atoms with Crippen molar-refractivity contribution >= 4 is 6.03 Å². The van der Waals surface area contributed by atoms with Crippen molar-refractivity contribution in [3.05, 3.63) is 35.9 Å². The van der Waals surface area contributed by atoms with E-state index in [0.717, 1.165) is 31.5 Å². The summed E-state index contributed by atoms with van der Waals surface area (Å²) in [5, 5.41) is 2.91. The van der Waals surface area contributed by atoms with Crippen molar-refractivity contribution in [1.82, 2.24) is 10.2 Å². The number of nitrogens with two attached hydrogens (primary N) is 1. The van der Waals surface area contributed by atoms with Crippen LogP contribution in [0.4, 0.5) is 4.79 Å². The third-order valence-electron chi connectivity index (χ3n) is 3.34. The fraction of sp³-hybridized carbons (Fsp3) is 0.500. The average Bonchev–Trinajstić information content (AvgIpc) is 2.46. The van der Waals surface area contributed by atoms with Gasteiger partial charge in [-0.15, -0.1) is 0 Å². The molecule has 4 heteroatoms. The second-order valence-corrected chi connectivity index (χ2v) is 4.75. The maximum Gasteiger partial charge on any atom is 0.317 e. The molecule has 0 bridgehead atoms. The summed E-state index contributed by atoms with van der Waals surface area (Å²) in [5.41, 5.74) is 7.09. The van der Waals surface area contributed by atoms with Crippen LogP contribution in [0.25, 0.3) is 0 Å². The normalized spacial score (nSPS) is 17.3. The Hall–Kier alpha value is -1.55. The van der Waals surface area contributed by atoms with E-state index in [1.807, 2.05) is 35.2 Å². The number of hydrogen-bond donors (Lipinski definition) is 2. The molecule has 2 rings (SSSR count). The van der Waals surface area contributed by atoms with Crippen LogP contribution >= 0.6 is 0 Å². The van der Waals surface area contributed by atoms with Crippen LogP contribution in [0.15, 0.2) is 30.3 Å². The fourth-order valence-corrected chi connectivity index (χ4v) is 2.22. The third-order valence-corrected chi connectivity index (χ3v) is 3.34. The predicted molar refractivity (Wildman–Crippen MR) is 72.2 cm³/mol. The summed E-state index contributed by atoms with van der Waals surface area (Å²) >= 11 is 0. The van der Waals surface area contributed by atoms with E-state index < -0.39 is 0 Å². The smallest absolute Gasteiger partial charge is 0.317 e. The minimum atomic E-state index is -0.139. The molecule has 0 spiro atoms. The third kappa shape index (κ3) is 3.47. The average molecular weight is 247 g/mol. The summed E-state index contributed by atoms with van der Waals surface area (Å²) in [6, 6.07) is 9.72. The molecule has 2 amide bonds. The lowest BCUT2D eigenvalue weighted by molar-refractivity contribution is 0.186. The molecule has 1 aromatic carbocycles. The standard InChI is InChI=1S/C14H21N3O/c15-13(12-7-3-1-4-8-12)11-16-14(18)17-9-5-2-6-10-17/h1,3-4,7-8,13H,2,5-6,9-11,15H2,(H,16,18). The molecule has 1 aliphatic rings. The van der Waals surface area contributed by atoms with Crippen LogP contribution in [-0.2, 0) is 0 Å². The highest BCUT2D eigenvalue weighted by Gasteiger charge is 2.16. The van der Waals surface area contributed by atoms with Gasteiger partial charge in [0.1, 0.15) is 0 Å². The Morgan fingerprint density at radius 1 is 1.22 bits per heavy atom. The molecule has 1 fully saturated rings. The number of rotatable bonds is 3. The van der Waals surface area contributed by atoms with E-state index in [2.05, 4.69) is 5.32 Å². The lowest BCUT2D eigenvalue weighted by Gasteiger charge is -2.27. The molecule has 1 aromatic rings. The molecular weight excluding hydrogens is 226 g/mol. The molecule has 18 heavy (non-hydrogen) atoms. The number of carbonyl (C=O) groups is 1. The van der Waals surface area contributed by atoms with Crippen molar-refractivity contribution < 1.29 is 4.79 Å². The highest BCUT2D eigenvalue weighted by Crippen LogP contribution is 2.10. The molecule has 4 nitrogen and oxygen atoms in total. The number of urea groups is 1. The Morgan fingerprint density at radius 2 is 1.89 bits per heavy atom. The predicted octanol–water partition coefficient (Wildman–Crippen LogP) is 1.88. The minimum absolute atomic E-state index is 0.0149. The Balaban J connectivity index is 1.78. The molecule has 1 unspecified atom stereocenters. The lowest BCUT2D eigenvalue weighted by Crippen LogP contribution is -2.44. The quantitative estimate of drug-likeness (QED) is 0.857. The Morgan fingerprint density at radius 3 is 2.56 bits per heavy atom. The van der Waals surface area contributed by atoms with Crippen LogP contribution in [0.3, 0.4) is 0 Å². The van der Waals surface area contributed by atoms with Gasteiger partial charge < -0.3 is 16.0 Å². The Bertz CT molecular complexity index is 374. The SMILES string of the molecule is NC(CNC(=O)N1CCCCC1)c1ccccc1. The van der Waals surface area contributed by atoms with E-state index in [1.165, 1.54) is 6.42 Å². The van der Waals surface area contributed by atoms with E-state index in [9.17, 15) is 4.79 Å². The van der Waals surface area contributed by atoms with Gasteiger partial charge in [-0.3, -0.25) is 0 Å². The maximum atomic E-state index is 11.9. The van der Waals surface area contributed by atoms with Crippen molar-refractivity contribution in [3.63, 3.8) is 0 Å². The summed E-state index contributed by atoms with van der Waals surface area (Å²) in [4.78, 5) is 13.8. The van der Waals surface area contributed by atoms with Crippen LogP contribution in [0.2, 0.25) is 0 Å². The van der Waals surface area contributed by atoms with Gasteiger partial charge >= 0.3 is 6.03 Å². The zero-order chi connectivity index (χ0) is 12.8. The zero-order valence-electron chi connectivity index (χ0n) is 10.6. The maximum absolute atomic E-state index is 11.9. The van der Waals surface area contributed by atoms with Gasteiger partial charge in [-0.2, -0.15) is 0 Å². The van der Waals surface area contributed by atoms with Gasteiger partial charge in [0.15, 0.2) is 0 Å². The molecule has 0 saturated carbocycles. The molecular formula is C14H21N3O. The summed E-state index contributed by atoms with van der Waals surface area (Å²) in [7, 11) is 0. The Kier molecular flexibility index (Phi) is 4.59. The molecule has 1 saturated heterocycles. The first kappa shape index (κ1) is 12.9. The second kappa shape index (κ2) is 6.40. The van der Waals surface area contributed by atoms with Gasteiger partial charge in [0.25, 0.3) is 0 Å². The first-order valence-corrected chi connectivity index (χ1v) is 6.60. The van der Waals surface area contributed by atoms with E-state index in [1.54, 1.807) is 0 Å². The molecule has 1 heterocycles. The number of amides is 2. The van der Waals surface area contributed by atoms with E-state index >= 15 is 0 Å². The Labute approximate surface area is 108 Å². The van der Waals surface area contributed by atoms with Gasteiger partial charge in [0, 0.05) is 25.7 Å². The second-order valence-electron chi connectivity index (χ2n) is 4.75. The van der Waals surface area contributed by atoms with Crippen LogP contribution in [0, 0.1) is 0 Å². The number of nitrogens with one attached hydrogen (secondary N) is 1. The zero-order valence-corrected chi connectivity index (χ0v) is 10.6. The number of hydrogen-bond acceptors (Lipinski definition) is 2.